The Morgan fingerprint density at radius 2 is 2.20 bits per heavy atom. The molecule has 0 saturated carbocycles. The molecule has 1 fully saturated rings. The second kappa shape index (κ2) is 4.40. The Labute approximate surface area is 94.8 Å². The van der Waals surface area contributed by atoms with Crippen molar-refractivity contribution in [3.63, 3.8) is 0 Å². The van der Waals surface area contributed by atoms with Gasteiger partial charge < -0.3 is 4.90 Å². The highest BCUT2D eigenvalue weighted by molar-refractivity contribution is 7.85. The molecule has 82 valence electrons. The Morgan fingerprint density at radius 3 is 2.73 bits per heavy atom. The molecule has 0 N–H and O–H groups in total. The van der Waals surface area contributed by atoms with Gasteiger partial charge in [-0.25, -0.2) is 4.98 Å². The number of rotatable bonds is 2. The number of Topliss-reactive ketones (excluding diaryl/α,β-unsaturated/α-hetero) is 1. The van der Waals surface area contributed by atoms with Crippen molar-refractivity contribution in [2.75, 3.05) is 29.5 Å². The Hall–Kier alpha value is -0.750. The molecule has 15 heavy (non-hydrogen) atoms. The first kappa shape index (κ1) is 10.8. The Balaban J connectivity index is 2.09. The Kier molecular flexibility index (Phi) is 3.16. The molecule has 0 radical (unpaired) electrons. The molecule has 2 heterocycles. The van der Waals surface area contributed by atoms with Crippen molar-refractivity contribution in [3.8, 4) is 0 Å². The van der Waals surface area contributed by atoms with Gasteiger partial charge in [0.05, 0.1) is 11.1 Å². The molecule has 0 bridgehead atoms. The van der Waals surface area contributed by atoms with Crippen LogP contribution in [0.15, 0.2) is 6.20 Å². The predicted molar refractivity (Wildman–Crippen MR) is 62.2 cm³/mol. The first-order valence-corrected chi connectivity index (χ1v) is 7.04. The zero-order valence-corrected chi connectivity index (χ0v) is 10.1. The van der Waals surface area contributed by atoms with E-state index in [-0.39, 0.29) is 5.78 Å². The number of thiazole rings is 1. The molecule has 0 atom stereocenters. The molecule has 2 rings (SSSR count). The third-order valence-electron chi connectivity index (χ3n) is 2.29. The summed E-state index contributed by atoms with van der Waals surface area (Å²) in [6.45, 7) is 3.09. The van der Waals surface area contributed by atoms with Crippen LogP contribution >= 0.6 is 11.3 Å². The highest BCUT2D eigenvalue weighted by Crippen LogP contribution is 2.23. The average molecular weight is 244 g/mol. The number of hydrogen-bond donors (Lipinski definition) is 0. The summed E-state index contributed by atoms with van der Waals surface area (Å²) in [5, 5.41) is 0.872. The zero-order valence-electron chi connectivity index (χ0n) is 8.43. The lowest BCUT2D eigenvalue weighted by atomic mass is 10.4. The Morgan fingerprint density at radius 1 is 1.53 bits per heavy atom. The van der Waals surface area contributed by atoms with Crippen molar-refractivity contribution in [2.24, 2.45) is 0 Å². The molecule has 6 heteroatoms. The van der Waals surface area contributed by atoms with Gasteiger partial charge in [0.1, 0.15) is 0 Å². The summed E-state index contributed by atoms with van der Waals surface area (Å²) in [7, 11) is -0.668. The van der Waals surface area contributed by atoms with Gasteiger partial charge in [-0.15, -0.1) is 0 Å². The van der Waals surface area contributed by atoms with Crippen molar-refractivity contribution >= 4 is 33.1 Å². The van der Waals surface area contributed by atoms with Crippen LogP contribution in [0.3, 0.4) is 0 Å². The Bertz CT molecular complexity index is 393. The number of ketones is 1. The third kappa shape index (κ3) is 2.43. The summed E-state index contributed by atoms with van der Waals surface area (Å²) in [6.07, 6.45) is 1.62. The van der Waals surface area contributed by atoms with E-state index >= 15 is 0 Å². The van der Waals surface area contributed by atoms with Crippen LogP contribution < -0.4 is 4.90 Å². The topological polar surface area (TPSA) is 50.3 Å². The molecular formula is C9H12N2O2S2. The van der Waals surface area contributed by atoms with Crippen LogP contribution in [-0.4, -0.2) is 39.6 Å². The van der Waals surface area contributed by atoms with Gasteiger partial charge >= 0.3 is 0 Å². The lowest BCUT2D eigenvalue weighted by molar-refractivity contribution is 0.102. The lowest BCUT2D eigenvalue weighted by Gasteiger charge is -2.25. The van der Waals surface area contributed by atoms with Gasteiger partial charge in [0.2, 0.25) is 0 Å². The standard InChI is InChI=1S/C9H12N2O2S2/c1-7(12)8-6-10-9(14-8)11-2-4-15(13)5-3-11/h6H,2-5H2,1H3. The van der Waals surface area contributed by atoms with Gasteiger partial charge in [0.25, 0.3) is 0 Å². The van der Waals surface area contributed by atoms with E-state index in [0.717, 1.165) is 18.2 Å². The molecule has 1 aromatic heterocycles. The minimum absolute atomic E-state index is 0.0549. The molecule has 0 amide bonds. The summed E-state index contributed by atoms with van der Waals surface area (Å²) in [5.41, 5.74) is 0. The monoisotopic (exact) mass is 244 g/mol. The van der Waals surface area contributed by atoms with Crippen LogP contribution in [-0.2, 0) is 10.8 Å². The SMILES string of the molecule is CC(=O)c1cnc(N2CCS(=O)CC2)s1. The van der Waals surface area contributed by atoms with Crippen molar-refractivity contribution in [3.05, 3.63) is 11.1 Å². The summed E-state index contributed by atoms with van der Waals surface area (Å²) in [4.78, 5) is 18.1. The normalized spacial score (nSPS) is 18.1. The highest BCUT2D eigenvalue weighted by Gasteiger charge is 2.18. The van der Waals surface area contributed by atoms with Gasteiger partial charge in [0, 0.05) is 42.3 Å². The second-order valence-electron chi connectivity index (χ2n) is 3.40. The zero-order chi connectivity index (χ0) is 10.8. The van der Waals surface area contributed by atoms with E-state index in [1.165, 1.54) is 11.3 Å². The van der Waals surface area contributed by atoms with Gasteiger partial charge in [-0.3, -0.25) is 9.00 Å². The van der Waals surface area contributed by atoms with Crippen LogP contribution in [0.2, 0.25) is 0 Å². The second-order valence-corrected chi connectivity index (χ2v) is 6.10. The first-order valence-electron chi connectivity index (χ1n) is 4.73. The molecule has 0 aliphatic carbocycles. The maximum absolute atomic E-state index is 11.2. The van der Waals surface area contributed by atoms with Crippen LogP contribution in [0.4, 0.5) is 5.13 Å². The smallest absolute Gasteiger partial charge is 0.186 e. The maximum Gasteiger partial charge on any atom is 0.186 e. The molecule has 1 aromatic rings. The minimum atomic E-state index is -0.668. The van der Waals surface area contributed by atoms with E-state index in [0.29, 0.717) is 16.4 Å². The highest BCUT2D eigenvalue weighted by atomic mass is 32.2. The molecule has 1 aliphatic heterocycles. The number of carbonyl (C=O) groups is 1. The summed E-state index contributed by atoms with van der Waals surface area (Å²) in [5.74, 6) is 1.46. The molecule has 0 spiro atoms. The van der Waals surface area contributed by atoms with E-state index in [1.54, 1.807) is 13.1 Å². The molecule has 1 aliphatic rings. The predicted octanol–water partition coefficient (Wildman–Crippen LogP) is 0.914. The molecular weight excluding hydrogens is 232 g/mol. The minimum Gasteiger partial charge on any atom is -0.346 e. The van der Waals surface area contributed by atoms with Crippen LogP contribution in [0.1, 0.15) is 16.6 Å². The van der Waals surface area contributed by atoms with Crippen molar-refractivity contribution in [2.45, 2.75) is 6.92 Å². The van der Waals surface area contributed by atoms with E-state index in [9.17, 15) is 9.00 Å². The molecule has 0 unspecified atom stereocenters. The number of carbonyl (C=O) groups excluding carboxylic acids is 1. The van der Waals surface area contributed by atoms with E-state index in [1.807, 2.05) is 0 Å². The van der Waals surface area contributed by atoms with Gasteiger partial charge in [-0.05, 0) is 0 Å². The summed E-state index contributed by atoms with van der Waals surface area (Å²) < 4.78 is 11.2. The fourth-order valence-corrected chi connectivity index (χ4v) is 3.32. The fourth-order valence-electron chi connectivity index (χ4n) is 1.40. The van der Waals surface area contributed by atoms with Crippen molar-refractivity contribution in [1.29, 1.82) is 0 Å². The van der Waals surface area contributed by atoms with Gasteiger partial charge in [-0.2, -0.15) is 0 Å². The van der Waals surface area contributed by atoms with Crippen LogP contribution in [0.5, 0.6) is 0 Å². The van der Waals surface area contributed by atoms with Crippen LogP contribution in [0, 0.1) is 0 Å². The quantitative estimate of drug-likeness (QED) is 0.726. The fraction of sp³-hybridized carbons (Fsp3) is 0.556. The summed E-state index contributed by atoms with van der Waals surface area (Å²) >= 11 is 1.42. The van der Waals surface area contributed by atoms with E-state index in [4.69, 9.17) is 0 Å². The largest absolute Gasteiger partial charge is 0.346 e. The van der Waals surface area contributed by atoms with E-state index < -0.39 is 10.8 Å². The van der Waals surface area contributed by atoms with Gasteiger partial charge in [0.15, 0.2) is 10.9 Å². The number of nitrogens with zero attached hydrogens (tertiary/aromatic N) is 2. The molecule has 4 nitrogen and oxygen atoms in total. The van der Waals surface area contributed by atoms with E-state index in [2.05, 4.69) is 9.88 Å². The first-order chi connectivity index (χ1) is 7.16. The average Bonchev–Trinajstić information content (AvgIpc) is 2.68. The number of aromatic nitrogens is 1. The number of hydrogen-bond acceptors (Lipinski definition) is 5. The van der Waals surface area contributed by atoms with Crippen molar-refractivity contribution < 1.29 is 9.00 Å². The van der Waals surface area contributed by atoms with Crippen molar-refractivity contribution in [1.82, 2.24) is 4.98 Å². The third-order valence-corrected chi connectivity index (χ3v) is 4.72. The summed E-state index contributed by atoms with van der Waals surface area (Å²) in [6, 6.07) is 0. The maximum atomic E-state index is 11.2. The number of anilines is 1. The van der Waals surface area contributed by atoms with Gasteiger partial charge in [-0.1, -0.05) is 11.3 Å². The molecule has 0 aromatic carbocycles. The lowest BCUT2D eigenvalue weighted by Crippen LogP contribution is -2.37. The molecule has 1 saturated heterocycles. The van der Waals surface area contributed by atoms with Crippen LogP contribution in [0.25, 0.3) is 0 Å².